The van der Waals surface area contributed by atoms with Gasteiger partial charge < -0.3 is 9.88 Å². The Kier molecular flexibility index (Phi) is 3.31. The molecule has 1 aromatic carbocycles. The third-order valence-electron chi connectivity index (χ3n) is 2.17. The summed E-state index contributed by atoms with van der Waals surface area (Å²) in [6, 6.07) is 5.32. The average molecular weight is 257 g/mol. The van der Waals surface area contributed by atoms with E-state index in [0.717, 1.165) is 11.5 Å². The van der Waals surface area contributed by atoms with Crippen molar-refractivity contribution >= 4 is 28.9 Å². The number of benzene rings is 1. The van der Waals surface area contributed by atoms with Crippen LogP contribution in [0.2, 0.25) is 10.0 Å². The molecule has 0 aliphatic rings. The van der Waals surface area contributed by atoms with Crippen LogP contribution in [0.3, 0.4) is 0 Å². The monoisotopic (exact) mass is 256 g/mol. The molecular weight excluding hydrogens is 247 g/mol. The Balaban J connectivity index is 2.08. The Morgan fingerprint density at radius 3 is 2.81 bits per heavy atom. The lowest BCUT2D eigenvalue weighted by Gasteiger charge is -2.07. The standard InChI is InChI=1S/C10H10Cl2N4/c1-16-6-14-15-10(16)5-13-9-3-2-7(11)4-8(9)12/h2-4,6,13H,5H2,1H3. The number of nitrogens with zero attached hydrogens (tertiary/aromatic N) is 3. The second kappa shape index (κ2) is 4.72. The molecule has 1 aromatic heterocycles. The number of halogens is 2. The van der Waals surface area contributed by atoms with Gasteiger partial charge in [0, 0.05) is 12.1 Å². The first-order valence-corrected chi connectivity index (χ1v) is 5.44. The molecule has 0 radical (unpaired) electrons. The van der Waals surface area contributed by atoms with Crippen molar-refractivity contribution in [2.75, 3.05) is 5.32 Å². The molecule has 0 unspecified atom stereocenters. The number of hydrogen-bond acceptors (Lipinski definition) is 3. The summed E-state index contributed by atoms with van der Waals surface area (Å²) >= 11 is 11.8. The first kappa shape index (κ1) is 11.2. The van der Waals surface area contributed by atoms with Crippen LogP contribution in [0.25, 0.3) is 0 Å². The normalized spacial score (nSPS) is 10.4. The van der Waals surface area contributed by atoms with Gasteiger partial charge in [0.05, 0.1) is 17.3 Å². The molecule has 0 bridgehead atoms. The molecule has 0 aliphatic heterocycles. The van der Waals surface area contributed by atoms with E-state index < -0.39 is 0 Å². The third-order valence-corrected chi connectivity index (χ3v) is 2.72. The summed E-state index contributed by atoms with van der Waals surface area (Å²) in [5, 5.41) is 12.1. The molecule has 0 aliphatic carbocycles. The van der Waals surface area contributed by atoms with Gasteiger partial charge in [-0.3, -0.25) is 0 Å². The summed E-state index contributed by atoms with van der Waals surface area (Å²) in [4.78, 5) is 0. The van der Waals surface area contributed by atoms with Gasteiger partial charge in [0.15, 0.2) is 5.82 Å². The molecule has 2 rings (SSSR count). The predicted octanol–water partition coefficient (Wildman–Crippen LogP) is 2.73. The topological polar surface area (TPSA) is 42.7 Å². The van der Waals surface area contributed by atoms with Gasteiger partial charge in [-0.1, -0.05) is 23.2 Å². The van der Waals surface area contributed by atoms with Gasteiger partial charge in [0.25, 0.3) is 0 Å². The Bertz CT molecular complexity index is 495. The Morgan fingerprint density at radius 2 is 2.19 bits per heavy atom. The van der Waals surface area contributed by atoms with E-state index in [4.69, 9.17) is 23.2 Å². The van der Waals surface area contributed by atoms with Crippen LogP contribution in [0.15, 0.2) is 24.5 Å². The van der Waals surface area contributed by atoms with Crippen molar-refractivity contribution in [3.05, 3.63) is 40.4 Å². The van der Waals surface area contributed by atoms with Gasteiger partial charge in [-0.25, -0.2) is 0 Å². The molecule has 4 nitrogen and oxygen atoms in total. The van der Waals surface area contributed by atoms with E-state index in [1.807, 2.05) is 17.7 Å². The van der Waals surface area contributed by atoms with E-state index >= 15 is 0 Å². The van der Waals surface area contributed by atoms with Crippen LogP contribution in [-0.4, -0.2) is 14.8 Å². The van der Waals surface area contributed by atoms with Gasteiger partial charge in [-0.15, -0.1) is 10.2 Å². The van der Waals surface area contributed by atoms with E-state index in [0.29, 0.717) is 16.6 Å². The quantitative estimate of drug-likeness (QED) is 0.919. The van der Waals surface area contributed by atoms with E-state index in [1.54, 1.807) is 18.5 Å². The lowest BCUT2D eigenvalue weighted by Crippen LogP contribution is -2.05. The number of nitrogens with one attached hydrogen (secondary N) is 1. The van der Waals surface area contributed by atoms with Gasteiger partial charge >= 0.3 is 0 Å². The second-order valence-electron chi connectivity index (χ2n) is 3.34. The van der Waals surface area contributed by atoms with Crippen molar-refractivity contribution < 1.29 is 0 Å². The van der Waals surface area contributed by atoms with Crippen LogP contribution in [0.5, 0.6) is 0 Å². The maximum Gasteiger partial charge on any atom is 0.151 e. The fraction of sp³-hybridized carbons (Fsp3) is 0.200. The minimum atomic E-state index is 0.567. The molecule has 16 heavy (non-hydrogen) atoms. The highest BCUT2D eigenvalue weighted by Gasteiger charge is 2.03. The lowest BCUT2D eigenvalue weighted by atomic mass is 10.3. The van der Waals surface area contributed by atoms with E-state index in [2.05, 4.69) is 15.5 Å². The van der Waals surface area contributed by atoms with Crippen LogP contribution < -0.4 is 5.32 Å². The first-order valence-electron chi connectivity index (χ1n) is 4.68. The highest BCUT2D eigenvalue weighted by molar-refractivity contribution is 6.36. The molecule has 84 valence electrons. The van der Waals surface area contributed by atoms with Crippen molar-refractivity contribution in [2.45, 2.75) is 6.54 Å². The minimum Gasteiger partial charge on any atom is -0.377 e. The van der Waals surface area contributed by atoms with E-state index in [9.17, 15) is 0 Å². The minimum absolute atomic E-state index is 0.567. The first-order chi connectivity index (χ1) is 7.66. The smallest absolute Gasteiger partial charge is 0.151 e. The molecule has 6 heteroatoms. The molecule has 2 aromatic rings. The molecule has 0 atom stereocenters. The van der Waals surface area contributed by atoms with Crippen molar-refractivity contribution in [3.63, 3.8) is 0 Å². The summed E-state index contributed by atoms with van der Waals surface area (Å²) in [5.41, 5.74) is 0.828. The highest BCUT2D eigenvalue weighted by Crippen LogP contribution is 2.25. The maximum atomic E-state index is 6.02. The Morgan fingerprint density at radius 1 is 1.38 bits per heavy atom. The van der Waals surface area contributed by atoms with Crippen LogP contribution in [0, 0.1) is 0 Å². The summed E-state index contributed by atoms with van der Waals surface area (Å²) in [5.74, 6) is 0.839. The molecule has 0 amide bonds. The number of aromatic nitrogens is 3. The second-order valence-corrected chi connectivity index (χ2v) is 4.18. The van der Waals surface area contributed by atoms with Crippen LogP contribution in [0.1, 0.15) is 5.82 Å². The highest BCUT2D eigenvalue weighted by atomic mass is 35.5. The van der Waals surface area contributed by atoms with Gasteiger partial charge in [-0.05, 0) is 18.2 Å². The fourth-order valence-electron chi connectivity index (χ4n) is 1.27. The SMILES string of the molecule is Cn1cnnc1CNc1ccc(Cl)cc1Cl. The Labute approximate surface area is 103 Å². The molecule has 1 N–H and O–H groups in total. The molecule has 0 saturated heterocycles. The zero-order valence-corrected chi connectivity index (χ0v) is 10.1. The number of hydrogen-bond donors (Lipinski definition) is 1. The van der Waals surface area contributed by atoms with Crippen LogP contribution in [-0.2, 0) is 13.6 Å². The van der Waals surface area contributed by atoms with Crippen molar-refractivity contribution in [3.8, 4) is 0 Å². The summed E-state index contributed by atoms with van der Waals surface area (Å²) in [6.45, 7) is 0.567. The molecular formula is C10H10Cl2N4. The largest absolute Gasteiger partial charge is 0.377 e. The number of aryl methyl sites for hydroxylation is 1. The summed E-state index contributed by atoms with van der Waals surface area (Å²) in [7, 11) is 1.89. The molecule has 1 heterocycles. The van der Waals surface area contributed by atoms with E-state index in [-0.39, 0.29) is 0 Å². The van der Waals surface area contributed by atoms with E-state index in [1.165, 1.54) is 0 Å². The van der Waals surface area contributed by atoms with Crippen molar-refractivity contribution in [1.29, 1.82) is 0 Å². The predicted molar refractivity (Wildman–Crippen MR) is 64.8 cm³/mol. The van der Waals surface area contributed by atoms with Gasteiger partial charge in [0.1, 0.15) is 6.33 Å². The van der Waals surface area contributed by atoms with Crippen LogP contribution >= 0.6 is 23.2 Å². The fourth-order valence-corrected chi connectivity index (χ4v) is 1.75. The molecule has 0 spiro atoms. The summed E-state index contributed by atoms with van der Waals surface area (Å²) in [6.07, 6.45) is 1.65. The van der Waals surface area contributed by atoms with Gasteiger partial charge in [-0.2, -0.15) is 0 Å². The third kappa shape index (κ3) is 2.46. The lowest BCUT2D eigenvalue weighted by molar-refractivity contribution is 0.812. The van der Waals surface area contributed by atoms with Crippen molar-refractivity contribution in [1.82, 2.24) is 14.8 Å². The average Bonchev–Trinajstić information content (AvgIpc) is 2.63. The molecule has 0 saturated carbocycles. The zero-order valence-electron chi connectivity index (χ0n) is 8.61. The zero-order chi connectivity index (χ0) is 11.5. The summed E-state index contributed by atoms with van der Waals surface area (Å²) < 4.78 is 1.84. The van der Waals surface area contributed by atoms with Crippen molar-refractivity contribution in [2.24, 2.45) is 7.05 Å². The molecule has 0 fully saturated rings. The number of anilines is 1. The number of rotatable bonds is 3. The van der Waals surface area contributed by atoms with Crippen LogP contribution in [0.4, 0.5) is 5.69 Å². The maximum absolute atomic E-state index is 6.02. The Hall–Kier alpha value is -1.26. The van der Waals surface area contributed by atoms with Gasteiger partial charge in [0.2, 0.25) is 0 Å².